The number of nitrogens with one attached hydrogen (secondary N) is 2. The number of hydrogen-bond acceptors (Lipinski definition) is 2. The second-order valence-corrected chi connectivity index (χ2v) is 4.92. The summed E-state index contributed by atoms with van der Waals surface area (Å²) in [7, 11) is 0. The Morgan fingerprint density at radius 2 is 2.38 bits per heavy atom. The first-order valence-corrected chi connectivity index (χ1v) is 6.24. The van der Waals surface area contributed by atoms with Gasteiger partial charge in [0, 0.05) is 3.57 Å². The number of carbonyl (C=O) groups excluding carboxylic acids is 1. The minimum absolute atomic E-state index is 0.0398. The molecule has 0 aromatic heterocycles. The molecule has 0 spiro atoms. The third-order valence-corrected chi connectivity index (χ3v) is 3.46. The largest absolute Gasteiger partial charge is 0.324 e. The van der Waals surface area contributed by atoms with E-state index in [2.05, 4.69) is 10.6 Å². The highest BCUT2D eigenvalue weighted by molar-refractivity contribution is 14.1. The van der Waals surface area contributed by atoms with Crippen LogP contribution in [-0.2, 0) is 4.79 Å². The Labute approximate surface area is 107 Å². The van der Waals surface area contributed by atoms with Crippen LogP contribution in [0.25, 0.3) is 0 Å². The number of anilines is 1. The lowest BCUT2D eigenvalue weighted by Crippen LogP contribution is -2.35. The summed E-state index contributed by atoms with van der Waals surface area (Å²) in [5, 5.41) is 5.92. The second kappa shape index (κ2) is 5.09. The fourth-order valence-electron chi connectivity index (χ4n) is 1.72. The average Bonchev–Trinajstić information content (AvgIpc) is 2.75. The standard InChI is InChI=1S/C11H12FIN2O/c12-7-3-4-9(8(13)6-7)15-11(16)10-2-1-5-14-10/h3-4,6,10,14H,1-2,5H2,(H,15,16)/t10-/m1/s1. The molecule has 86 valence electrons. The van der Waals surface area contributed by atoms with Gasteiger partial charge in [-0.05, 0) is 60.2 Å². The van der Waals surface area contributed by atoms with Crippen LogP contribution in [0, 0.1) is 9.39 Å². The predicted molar refractivity (Wildman–Crippen MR) is 68.8 cm³/mol. The van der Waals surface area contributed by atoms with Crippen LogP contribution < -0.4 is 10.6 Å². The van der Waals surface area contributed by atoms with Gasteiger partial charge in [-0.3, -0.25) is 4.79 Å². The minimum atomic E-state index is -0.290. The molecule has 1 aliphatic heterocycles. The number of amides is 1. The summed E-state index contributed by atoms with van der Waals surface area (Å²) in [5.41, 5.74) is 0.667. The average molecular weight is 334 g/mol. The molecule has 1 saturated heterocycles. The molecule has 1 aromatic carbocycles. The Morgan fingerprint density at radius 3 is 3.00 bits per heavy atom. The van der Waals surface area contributed by atoms with E-state index in [-0.39, 0.29) is 17.8 Å². The lowest BCUT2D eigenvalue weighted by molar-refractivity contribution is -0.117. The Bertz CT molecular complexity index is 405. The van der Waals surface area contributed by atoms with Gasteiger partial charge in [-0.25, -0.2) is 4.39 Å². The third-order valence-electron chi connectivity index (χ3n) is 2.57. The van der Waals surface area contributed by atoms with Crippen molar-refractivity contribution in [1.82, 2.24) is 5.32 Å². The molecule has 1 fully saturated rings. The smallest absolute Gasteiger partial charge is 0.241 e. The zero-order chi connectivity index (χ0) is 11.5. The highest BCUT2D eigenvalue weighted by atomic mass is 127. The molecule has 0 aliphatic carbocycles. The molecule has 16 heavy (non-hydrogen) atoms. The van der Waals surface area contributed by atoms with Crippen molar-refractivity contribution >= 4 is 34.2 Å². The highest BCUT2D eigenvalue weighted by Crippen LogP contribution is 2.19. The molecule has 1 amide bonds. The molecule has 1 aromatic rings. The van der Waals surface area contributed by atoms with E-state index in [1.807, 2.05) is 22.6 Å². The van der Waals surface area contributed by atoms with Crippen LogP contribution in [0.4, 0.5) is 10.1 Å². The van der Waals surface area contributed by atoms with E-state index in [9.17, 15) is 9.18 Å². The van der Waals surface area contributed by atoms with E-state index in [1.54, 1.807) is 6.07 Å². The molecular weight excluding hydrogens is 322 g/mol. The molecule has 2 N–H and O–H groups in total. The van der Waals surface area contributed by atoms with Crippen molar-refractivity contribution in [3.05, 3.63) is 27.6 Å². The zero-order valence-electron chi connectivity index (χ0n) is 8.59. The van der Waals surface area contributed by atoms with E-state index in [4.69, 9.17) is 0 Å². The Kier molecular flexibility index (Phi) is 3.75. The van der Waals surface area contributed by atoms with E-state index >= 15 is 0 Å². The van der Waals surface area contributed by atoms with Gasteiger partial charge in [0.2, 0.25) is 5.91 Å². The number of hydrogen-bond donors (Lipinski definition) is 2. The Balaban J connectivity index is 2.05. The molecule has 0 radical (unpaired) electrons. The Morgan fingerprint density at radius 1 is 1.56 bits per heavy atom. The van der Waals surface area contributed by atoms with E-state index < -0.39 is 0 Å². The molecule has 0 unspecified atom stereocenters. The van der Waals surface area contributed by atoms with Crippen LogP contribution in [0.5, 0.6) is 0 Å². The minimum Gasteiger partial charge on any atom is -0.324 e. The van der Waals surface area contributed by atoms with E-state index in [0.717, 1.165) is 19.4 Å². The maximum absolute atomic E-state index is 12.9. The summed E-state index contributed by atoms with van der Waals surface area (Å²) >= 11 is 2.01. The quantitative estimate of drug-likeness (QED) is 0.814. The van der Waals surface area contributed by atoms with Crippen LogP contribution in [-0.4, -0.2) is 18.5 Å². The number of carbonyl (C=O) groups is 1. The number of rotatable bonds is 2. The van der Waals surface area contributed by atoms with Gasteiger partial charge in [-0.2, -0.15) is 0 Å². The fourth-order valence-corrected chi connectivity index (χ4v) is 2.33. The topological polar surface area (TPSA) is 41.1 Å². The van der Waals surface area contributed by atoms with Crippen LogP contribution >= 0.6 is 22.6 Å². The lowest BCUT2D eigenvalue weighted by Gasteiger charge is -2.12. The van der Waals surface area contributed by atoms with Crippen molar-refractivity contribution in [3.63, 3.8) is 0 Å². The van der Waals surface area contributed by atoms with Gasteiger partial charge >= 0.3 is 0 Å². The molecule has 5 heteroatoms. The zero-order valence-corrected chi connectivity index (χ0v) is 10.8. The monoisotopic (exact) mass is 334 g/mol. The van der Waals surface area contributed by atoms with Crippen molar-refractivity contribution in [2.75, 3.05) is 11.9 Å². The van der Waals surface area contributed by atoms with Gasteiger partial charge in [-0.15, -0.1) is 0 Å². The van der Waals surface area contributed by atoms with Crippen LogP contribution in [0.3, 0.4) is 0 Å². The molecular formula is C11H12FIN2O. The van der Waals surface area contributed by atoms with E-state index in [1.165, 1.54) is 12.1 Å². The molecule has 2 rings (SSSR count). The molecule has 0 saturated carbocycles. The summed E-state index contributed by atoms with van der Waals surface area (Å²) in [5.74, 6) is -0.330. The van der Waals surface area contributed by atoms with Crippen molar-refractivity contribution < 1.29 is 9.18 Å². The summed E-state index contributed by atoms with van der Waals surface area (Å²) in [6, 6.07) is 4.23. The summed E-state index contributed by atoms with van der Waals surface area (Å²) < 4.78 is 13.6. The molecule has 1 heterocycles. The van der Waals surface area contributed by atoms with Crippen molar-refractivity contribution in [1.29, 1.82) is 0 Å². The predicted octanol–water partition coefficient (Wildman–Crippen LogP) is 2.12. The van der Waals surface area contributed by atoms with Gasteiger partial charge in [0.25, 0.3) is 0 Å². The molecule has 3 nitrogen and oxygen atoms in total. The first kappa shape index (κ1) is 11.8. The normalized spacial score (nSPS) is 19.8. The molecule has 1 aliphatic rings. The van der Waals surface area contributed by atoms with E-state index in [0.29, 0.717) is 9.26 Å². The third kappa shape index (κ3) is 2.70. The van der Waals surface area contributed by atoms with Crippen LogP contribution in [0.2, 0.25) is 0 Å². The number of benzene rings is 1. The summed E-state index contributed by atoms with van der Waals surface area (Å²) in [6.07, 6.45) is 1.89. The summed E-state index contributed by atoms with van der Waals surface area (Å²) in [6.45, 7) is 0.887. The van der Waals surface area contributed by atoms with Gasteiger partial charge in [0.1, 0.15) is 5.82 Å². The van der Waals surface area contributed by atoms with Crippen molar-refractivity contribution in [2.45, 2.75) is 18.9 Å². The molecule has 1 atom stereocenters. The van der Waals surface area contributed by atoms with Crippen molar-refractivity contribution in [2.24, 2.45) is 0 Å². The van der Waals surface area contributed by atoms with Gasteiger partial charge in [0.15, 0.2) is 0 Å². The SMILES string of the molecule is O=C(Nc1ccc(F)cc1I)[C@H]1CCCN1. The maximum atomic E-state index is 12.9. The maximum Gasteiger partial charge on any atom is 0.241 e. The van der Waals surface area contributed by atoms with Gasteiger partial charge in [-0.1, -0.05) is 0 Å². The van der Waals surface area contributed by atoms with Crippen molar-refractivity contribution in [3.8, 4) is 0 Å². The highest BCUT2D eigenvalue weighted by Gasteiger charge is 2.22. The molecule has 0 bridgehead atoms. The van der Waals surface area contributed by atoms with Gasteiger partial charge < -0.3 is 10.6 Å². The first-order valence-electron chi connectivity index (χ1n) is 5.16. The number of halogens is 2. The second-order valence-electron chi connectivity index (χ2n) is 3.76. The van der Waals surface area contributed by atoms with Crippen LogP contribution in [0.1, 0.15) is 12.8 Å². The first-order chi connectivity index (χ1) is 7.66. The fraction of sp³-hybridized carbons (Fsp3) is 0.364. The summed E-state index contributed by atoms with van der Waals surface area (Å²) in [4.78, 5) is 11.8. The lowest BCUT2D eigenvalue weighted by atomic mass is 10.2. The Hall–Kier alpha value is -0.690. The van der Waals surface area contributed by atoms with Gasteiger partial charge in [0.05, 0.1) is 11.7 Å². The van der Waals surface area contributed by atoms with Crippen LogP contribution in [0.15, 0.2) is 18.2 Å².